The molecule has 0 bridgehead atoms. The summed E-state index contributed by atoms with van der Waals surface area (Å²) in [6, 6.07) is 8.00. The number of hydrogen-bond acceptors (Lipinski definition) is 2. The monoisotopic (exact) mass is 239 g/mol. The summed E-state index contributed by atoms with van der Waals surface area (Å²) in [5.74, 6) is 0.584. The van der Waals surface area contributed by atoms with E-state index in [1.807, 2.05) is 12.1 Å². The van der Waals surface area contributed by atoms with Gasteiger partial charge < -0.3 is 10.1 Å². The Morgan fingerprint density at radius 1 is 1.38 bits per heavy atom. The molecule has 0 aromatic heterocycles. The van der Waals surface area contributed by atoms with Gasteiger partial charge in [0.05, 0.1) is 6.10 Å². The second-order valence-electron chi connectivity index (χ2n) is 4.20. The fraction of sp³-hybridized carbons (Fsp3) is 0.538. The van der Waals surface area contributed by atoms with Gasteiger partial charge in [0, 0.05) is 24.1 Å². The molecule has 1 fully saturated rings. The maximum atomic E-state index is 5.89. The average Bonchev–Trinajstić information content (AvgIpc) is 2.75. The van der Waals surface area contributed by atoms with Crippen LogP contribution < -0.4 is 5.32 Å². The van der Waals surface area contributed by atoms with Gasteiger partial charge in [0.25, 0.3) is 0 Å². The van der Waals surface area contributed by atoms with E-state index in [0.29, 0.717) is 5.92 Å². The number of hydrogen-bond donors (Lipinski definition) is 1. The molecule has 1 aliphatic heterocycles. The minimum absolute atomic E-state index is 0.233. The van der Waals surface area contributed by atoms with Crippen LogP contribution in [0.2, 0.25) is 5.02 Å². The average molecular weight is 240 g/mol. The van der Waals surface area contributed by atoms with Gasteiger partial charge in [-0.3, -0.25) is 0 Å². The van der Waals surface area contributed by atoms with Gasteiger partial charge in [-0.25, -0.2) is 0 Å². The van der Waals surface area contributed by atoms with Crippen LogP contribution in [-0.4, -0.2) is 19.7 Å². The van der Waals surface area contributed by atoms with Crippen molar-refractivity contribution < 1.29 is 4.74 Å². The van der Waals surface area contributed by atoms with E-state index in [2.05, 4.69) is 24.4 Å². The van der Waals surface area contributed by atoms with Crippen LogP contribution in [0.15, 0.2) is 24.3 Å². The lowest BCUT2D eigenvalue weighted by atomic mass is 9.95. The molecule has 1 N–H and O–H groups in total. The van der Waals surface area contributed by atoms with E-state index in [9.17, 15) is 0 Å². The predicted octanol–water partition coefficient (Wildman–Crippen LogP) is 3.03. The van der Waals surface area contributed by atoms with Crippen molar-refractivity contribution >= 4 is 11.6 Å². The zero-order valence-corrected chi connectivity index (χ0v) is 10.3. The normalized spacial score (nSPS) is 24.9. The molecule has 2 nitrogen and oxygen atoms in total. The fourth-order valence-electron chi connectivity index (χ4n) is 2.19. The van der Waals surface area contributed by atoms with Crippen molar-refractivity contribution in [2.24, 2.45) is 5.92 Å². The first-order valence-corrected chi connectivity index (χ1v) is 6.27. The largest absolute Gasteiger partial charge is 0.373 e. The number of rotatable bonds is 4. The summed E-state index contributed by atoms with van der Waals surface area (Å²) >= 11 is 5.89. The molecule has 3 heteroatoms. The van der Waals surface area contributed by atoms with Crippen LogP contribution in [-0.2, 0) is 4.74 Å². The molecule has 2 atom stereocenters. The summed E-state index contributed by atoms with van der Waals surface area (Å²) in [7, 11) is 0. The number of ether oxygens (including phenoxy) is 1. The Balaban J connectivity index is 2.04. The van der Waals surface area contributed by atoms with Gasteiger partial charge in [-0.15, -0.1) is 0 Å². The minimum atomic E-state index is 0.233. The summed E-state index contributed by atoms with van der Waals surface area (Å²) in [6.07, 6.45) is 1.37. The van der Waals surface area contributed by atoms with Crippen molar-refractivity contribution in [1.29, 1.82) is 0 Å². The highest BCUT2D eigenvalue weighted by Gasteiger charge is 2.28. The molecule has 1 aromatic carbocycles. The summed E-state index contributed by atoms with van der Waals surface area (Å²) in [5.41, 5.74) is 1.24. The SMILES string of the molecule is CCNCC1CCOC1c1ccc(Cl)cc1. The second-order valence-corrected chi connectivity index (χ2v) is 4.64. The zero-order valence-electron chi connectivity index (χ0n) is 9.58. The van der Waals surface area contributed by atoms with Gasteiger partial charge in [-0.05, 0) is 30.7 Å². The molecule has 88 valence electrons. The quantitative estimate of drug-likeness (QED) is 0.872. The molecule has 1 heterocycles. The van der Waals surface area contributed by atoms with Gasteiger partial charge in [0.1, 0.15) is 0 Å². The van der Waals surface area contributed by atoms with Crippen LogP contribution in [0.4, 0.5) is 0 Å². The third-order valence-corrected chi connectivity index (χ3v) is 3.32. The van der Waals surface area contributed by atoms with E-state index in [4.69, 9.17) is 16.3 Å². The Morgan fingerprint density at radius 3 is 2.81 bits per heavy atom. The lowest BCUT2D eigenvalue weighted by Crippen LogP contribution is -2.24. The van der Waals surface area contributed by atoms with Crippen molar-refractivity contribution in [2.45, 2.75) is 19.4 Å². The third-order valence-electron chi connectivity index (χ3n) is 3.07. The smallest absolute Gasteiger partial charge is 0.0866 e. The van der Waals surface area contributed by atoms with Gasteiger partial charge in [0.2, 0.25) is 0 Å². The maximum Gasteiger partial charge on any atom is 0.0866 e. The van der Waals surface area contributed by atoms with Crippen molar-refractivity contribution in [2.75, 3.05) is 19.7 Å². The van der Waals surface area contributed by atoms with Gasteiger partial charge >= 0.3 is 0 Å². The standard InChI is InChI=1S/C13H18ClNO/c1-2-15-9-11-7-8-16-13(11)10-3-5-12(14)6-4-10/h3-6,11,13,15H,2,7-9H2,1H3. The summed E-state index contributed by atoms with van der Waals surface area (Å²) < 4.78 is 5.81. The first kappa shape index (κ1) is 11.9. The van der Waals surface area contributed by atoms with Crippen LogP contribution in [0.25, 0.3) is 0 Å². The van der Waals surface area contributed by atoms with E-state index in [-0.39, 0.29) is 6.10 Å². The highest BCUT2D eigenvalue weighted by molar-refractivity contribution is 6.30. The van der Waals surface area contributed by atoms with Crippen LogP contribution in [0.1, 0.15) is 25.0 Å². The molecule has 0 saturated carbocycles. The molecular weight excluding hydrogens is 222 g/mol. The molecule has 2 rings (SSSR count). The molecule has 0 radical (unpaired) electrons. The topological polar surface area (TPSA) is 21.3 Å². The number of benzene rings is 1. The molecule has 1 aliphatic rings. The molecule has 0 amide bonds. The van der Waals surface area contributed by atoms with Crippen molar-refractivity contribution in [3.05, 3.63) is 34.9 Å². The lowest BCUT2D eigenvalue weighted by Gasteiger charge is -2.19. The molecule has 0 aliphatic carbocycles. The van der Waals surface area contributed by atoms with Crippen LogP contribution in [0, 0.1) is 5.92 Å². The van der Waals surface area contributed by atoms with Crippen LogP contribution >= 0.6 is 11.6 Å². The summed E-state index contributed by atoms with van der Waals surface area (Å²) in [6.45, 7) is 5.05. The number of halogens is 1. The number of nitrogens with one attached hydrogen (secondary N) is 1. The Hall–Kier alpha value is -0.570. The van der Waals surface area contributed by atoms with Crippen molar-refractivity contribution in [3.63, 3.8) is 0 Å². The van der Waals surface area contributed by atoms with Gasteiger partial charge in [-0.2, -0.15) is 0 Å². The van der Waals surface area contributed by atoms with Gasteiger partial charge in [-0.1, -0.05) is 30.7 Å². The Kier molecular flexibility index (Phi) is 4.22. The molecule has 16 heavy (non-hydrogen) atoms. The zero-order chi connectivity index (χ0) is 11.4. The minimum Gasteiger partial charge on any atom is -0.373 e. The van der Waals surface area contributed by atoms with E-state index < -0.39 is 0 Å². The molecule has 2 unspecified atom stereocenters. The molecule has 0 spiro atoms. The van der Waals surface area contributed by atoms with Crippen LogP contribution in [0.3, 0.4) is 0 Å². The fourth-order valence-corrected chi connectivity index (χ4v) is 2.32. The first-order valence-electron chi connectivity index (χ1n) is 5.89. The summed E-state index contributed by atoms with van der Waals surface area (Å²) in [5, 5.41) is 4.18. The van der Waals surface area contributed by atoms with Crippen molar-refractivity contribution in [1.82, 2.24) is 5.32 Å². The molecule has 1 saturated heterocycles. The first-order chi connectivity index (χ1) is 7.81. The van der Waals surface area contributed by atoms with E-state index in [1.54, 1.807) is 0 Å². The third kappa shape index (κ3) is 2.76. The van der Waals surface area contributed by atoms with E-state index >= 15 is 0 Å². The summed E-state index contributed by atoms with van der Waals surface area (Å²) in [4.78, 5) is 0. The Morgan fingerprint density at radius 2 is 2.12 bits per heavy atom. The van der Waals surface area contributed by atoms with E-state index in [1.165, 1.54) is 5.56 Å². The van der Waals surface area contributed by atoms with Crippen LogP contribution in [0.5, 0.6) is 0 Å². The second kappa shape index (κ2) is 5.67. The lowest BCUT2D eigenvalue weighted by molar-refractivity contribution is 0.0906. The van der Waals surface area contributed by atoms with E-state index in [0.717, 1.165) is 31.1 Å². The predicted molar refractivity (Wildman–Crippen MR) is 66.8 cm³/mol. The Bertz CT molecular complexity index is 325. The molecular formula is C13H18ClNO. The highest BCUT2D eigenvalue weighted by Crippen LogP contribution is 2.34. The Labute approximate surface area is 102 Å². The highest BCUT2D eigenvalue weighted by atomic mass is 35.5. The van der Waals surface area contributed by atoms with Crippen molar-refractivity contribution in [3.8, 4) is 0 Å². The van der Waals surface area contributed by atoms with Gasteiger partial charge in [0.15, 0.2) is 0 Å². The maximum absolute atomic E-state index is 5.89. The molecule has 1 aromatic rings.